The topological polar surface area (TPSA) is 91.2 Å². The van der Waals surface area contributed by atoms with Gasteiger partial charge in [0.15, 0.2) is 22.3 Å². The van der Waals surface area contributed by atoms with Gasteiger partial charge in [0.05, 0.1) is 36.3 Å². The summed E-state index contributed by atoms with van der Waals surface area (Å²) in [6, 6.07) is 13.0. The molecule has 0 bridgehead atoms. The lowest BCUT2D eigenvalue weighted by atomic mass is 10.3. The first-order chi connectivity index (χ1) is 13.2. The molecule has 0 atom stereocenters. The highest BCUT2D eigenvalue weighted by Gasteiger charge is 2.16. The molecule has 0 radical (unpaired) electrons. The summed E-state index contributed by atoms with van der Waals surface area (Å²) in [5.74, 6) is 0.812. The Morgan fingerprint density at radius 3 is 2.59 bits per heavy atom. The van der Waals surface area contributed by atoms with E-state index >= 15 is 0 Å². The number of benzene rings is 2. The van der Waals surface area contributed by atoms with Crippen molar-refractivity contribution < 1.29 is 14.3 Å². The molecule has 136 valence electrons. The van der Waals surface area contributed by atoms with E-state index in [1.54, 1.807) is 31.2 Å². The third-order valence-electron chi connectivity index (χ3n) is 3.86. The van der Waals surface area contributed by atoms with Gasteiger partial charge in [-0.15, -0.1) is 5.10 Å². The molecule has 0 aliphatic rings. The van der Waals surface area contributed by atoms with Crippen LogP contribution in [0.25, 0.3) is 15.9 Å². The Hall–Kier alpha value is -3.46. The monoisotopic (exact) mass is 381 g/mol. The SMILES string of the molecule is COc1cc2nc(NC(=O)c3cn(-c4ccccc4)nn3)sc2cc1OC. The van der Waals surface area contributed by atoms with Crippen LogP contribution >= 0.6 is 11.3 Å². The largest absolute Gasteiger partial charge is 0.493 e. The van der Waals surface area contributed by atoms with Crippen molar-refractivity contribution in [3.05, 3.63) is 54.4 Å². The number of nitrogens with zero attached hydrogens (tertiary/aromatic N) is 4. The number of hydrogen-bond donors (Lipinski definition) is 1. The van der Waals surface area contributed by atoms with Crippen LogP contribution in [0.1, 0.15) is 10.5 Å². The number of hydrogen-bond acceptors (Lipinski definition) is 7. The van der Waals surface area contributed by atoms with Crippen molar-refractivity contribution >= 4 is 32.6 Å². The van der Waals surface area contributed by atoms with Crippen LogP contribution < -0.4 is 14.8 Å². The predicted octanol–water partition coefficient (Wildman–Crippen LogP) is 3.15. The number of methoxy groups -OCH3 is 2. The number of anilines is 1. The molecule has 2 heterocycles. The second kappa shape index (κ2) is 7.04. The molecular weight excluding hydrogens is 366 g/mol. The van der Waals surface area contributed by atoms with Gasteiger partial charge in [0, 0.05) is 12.1 Å². The number of rotatable bonds is 5. The lowest BCUT2D eigenvalue weighted by Crippen LogP contribution is -2.12. The van der Waals surface area contributed by atoms with E-state index < -0.39 is 0 Å². The molecule has 0 unspecified atom stereocenters. The molecule has 8 nitrogen and oxygen atoms in total. The van der Waals surface area contributed by atoms with Crippen molar-refractivity contribution in [2.75, 3.05) is 19.5 Å². The molecule has 0 spiro atoms. The zero-order valence-electron chi connectivity index (χ0n) is 14.5. The highest BCUT2D eigenvalue weighted by molar-refractivity contribution is 7.22. The van der Waals surface area contributed by atoms with Gasteiger partial charge in [-0.25, -0.2) is 9.67 Å². The number of carbonyl (C=O) groups excluding carboxylic acids is 1. The zero-order valence-corrected chi connectivity index (χ0v) is 15.4. The molecule has 2 aromatic carbocycles. The van der Waals surface area contributed by atoms with Crippen molar-refractivity contribution in [1.29, 1.82) is 0 Å². The molecule has 0 saturated heterocycles. The van der Waals surface area contributed by atoms with Crippen LogP contribution in [0.4, 0.5) is 5.13 Å². The number of aromatic nitrogens is 4. The second-order valence-corrected chi connectivity index (χ2v) is 6.56. The Balaban J connectivity index is 1.57. The normalized spacial score (nSPS) is 10.7. The summed E-state index contributed by atoms with van der Waals surface area (Å²) in [5.41, 5.74) is 1.73. The van der Waals surface area contributed by atoms with Crippen molar-refractivity contribution in [1.82, 2.24) is 20.0 Å². The zero-order chi connectivity index (χ0) is 18.8. The fourth-order valence-corrected chi connectivity index (χ4v) is 3.42. The molecule has 1 N–H and O–H groups in total. The van der Waals surface area contributed by atoms with Gasteiger partial charge in [-0.2, -0.15) is 0 Å². The van der Waals surface area contributed by atoms with Gasteiger partial charge >= 0.3 is 0 Å². The number of para-hydroxylation sites is 1. The van der Waals surface area contributed by atoms with Gasteiger partial charge in [-0.3, -0.25) is 10.1 Å². The van der Waals surface area contributed by atoms with Gasteiger partial charge in [-0.05, 0) is 12.1 Å². The maximum Gasteiger partial charge on any atom is 0.279 e. The molecule has 0 fully saturated rings. The minimum Gasteiger partial charge on any atom is -0.493 e. The van der Waals surface area contributed by atoms with E-state index in [-0.39, 0.29) is 11.6 Å². The molecule has 9 heteroatoms. The Bertz CT molecular complexity index is 1070. The first-order valence-corrected chi connectivity index (χ1v) is 8.81. The highest BCUT2D eigenvalue weighted by Crippen LogP contribution is 2.36. The second-order valence-electron chi connectivity index (χ2n) is 5.53. The molecule has 1 amide bonds. The summed E-state index contributed by atoms with van der Waals surface area (Å²) >= 11 is 1.34. The van der Waals surface area contributed by atoms with E-state index in [1.807, 2.05) is 36.4 Å². The fraction of sp³-hybridized carbons (Fsp3) is 0.111. The van der Waals surface area contributed by atoms with E-state index in [4.69, 9.17) is 9.47 Å². The van der Waals surface area contributed by atoms with Crippen LogP contribution in [0.2, 0.25) is 0 Å². The van der Waals surface area contributed by atoms with E-state index in [9.17, 15) is 4.79 Å². The minimum absolute atomic E-state index is 0.202. The first kappa shape index (κ1) is 17.0. The molecule has 0 saturated carbocycles. The number of nitrogens with one attached hydrogen (secondary N) is 1. The molecule has 0 aliphatic heterocycles. The average Bonchev–Trinajstić information content (AvgIpc) is 3.34. The molecule has 0 aliphatic carbocycles. The summed E-state index contributed by atoms with van der Waals surface area (Å²) in [5, 5.41) is 11.1. The third kappa shape index (κ3) is 3.32. The lowest BCUT2D eigenvalue weighted by molar-refractivity contribution is 0.102. The van der Waals surface area contributed by atoms with Crippen LogP contribution in [0.3, 0.4) is 0 Å². The standard InChI is InChI=1S/C18H15N5O3S/c1-25-14-8-12-16(9-15(14)26-2)27-18(19-12)20-17(24)13-10-23(22-21-13)11-6-4-3-5-7-11/h3-10H,1-2H3,(H,19,20,24). The van der Waals surface area contributed by atoms with E-state index in [0.717, 1.165) is 10.4 Å². The van der Waals surface area contributed by atoms with Gasteiger partial charge < -0.3 is 9.47 Å². The van der Waals surface area contributed by atoms with Gasteiger partial charge in [-0.1, -0.05) is 34.7 Å². The van der Waals surface area contributed by atoms with E-state index in [2.05, 4.69) is 20.6 Å². The highest BCUT2D eigenvalue weighted by atomic mass is 32.1. The number of ether oxygens (including phenoxy) is 2. The van der Waals surface area contributed by atoms with E-state index in [1.165, 1.54) is 11.3 Å². The van der Waals surface area contributed by atoms with Crippen LogP contribution in [-0.2, 0) is 0 Å². The summed E-state index contributed by atoms with van der Waals surface area (Å²) < 4.78 is 13.0. The molecule has 4 aromatic rings. The van der Waals surface area contributed by atoms with Crippen LogP contribution in [0.15, 0.2) is 48.7 Å². The minimum atomic E-state index is -0.379. The van der Waals surface area contributed by atoms with Crippen molar-refractivity contribution in [3.63, 3.8) is 0 Å². The number of thiazole rings is 1. The smallest absolute Gasteiger partial charge is 0.279 e. The number of amides is 1. The van der Waals surface area contributed by atoms with Crippen molar-refractivity contribution in [3.8, 4) is 17.2 Å². The van der Waals surface area contributed by atoms with Crippen molar-refractivity contribution in [2.24, 2.45) is 0 Å². The fourth-order valence-electron chi connectivity index (χ4n) is 2.54. The lowest BCUT2D eigenvalue weighted by Gasteiger charge is -2.05. The predicted molar refractivity (Wildman–Crippen MR) is 102 cm³/mol. The van der Waals surface area contributed by atoms with E-state index in [0.29, 0.717) is 22.1 Å². The summed E-state index contributed by atoms with van der Waals surface area (Å²) in [6.07, 6.45) is 1.57. The first-order valence-electron chi connectivity index (χ1n) is 7.99. The maximum absolute atomic E-state index is 12.5. The average molecular weight is 381 g/mol. The number of carbonyl (C=O) groups is 1. The molecule has 27 heavy (non-hydrogen) atoms. The molecule has 4 rings (SSSR count). The van der Waals surface area contributed by atoms with Crippen LogP contribution in [0.5, 0.6) is 11.5 Å². The molecule has 2 aromatic heterocycles. The third-order valence-corrected chi connectivity index (χ3v) is 4.79. The quantitative estimate of drug-likeness (QED) is 0.571. The van der Waals surface area contributed by atoms with Gasteiger partial charge in [0.25, 0.3) is 5.91 Å². The Morgan fingerprint density at radius 2 is 1.85 bits per heavy atom. The Labute approximate surface area is 158 Å². The summed E-state index contributed by atoms with van der Waals surface area (Å²) in [6.45, 7) is 0. The van der Waals surface area contributed by atoms with Gasteiger partial charge in [0.2, 0.25) is 0 Å². The maximum atomic E-state index is 12.5. The van der Waals surface area contributed by atoms with Crippen LogP contribution in [-0.4, -0.2) is 40.1 Å². The Kier molecular flexibility index (Phi) is 4.43. The van der Waals surface area contributed by atoms with Crippen LogP contribution in [0, 0.1) is 0 Å². The van der Waals surface area contributed by atoms with Gasteiger partial charge in [0.1, 0.15) is 0 Å². The molecular formula is C18H15N5O3S. The van der Waals surface area contributed by atoms with Crippen molar-refractivity contribution in [2.45, 2.75) is 0 Å². The summed E-state index contributed by atoms with van der Waals surface area (Å²) in [4.78, 5) is 16.9. The summed E-state index contributed by atoms with van der Waals surface area (Å²) in [7, 11) is 3.14. The number of fused-ring (bicyclic) bond motifs is 1. The Morgan fingerprint density at radius 1 is 1.11 bits per heavy atom.